The van der Waals surface area contributed by atoms with Crippen LogP contribution in [0.3, 0.4) is 0 Å². The lowest BCUT2D eigenvalue weighted by molar-refractivity contribution is -0.115. The molecule has 0 spiro atoms. The minimum atomic E-state index is -0.430. The van der Waals surface area contributed by atoms with E-state index in [4.69, 9.17) is 0 Å². The van der Waals surface area contributed by atoms with Crippen molar-refractivity contribution in [1.82, 2.24) is 5.32 Å². The first-order valence-electron chi connectivity index (χ1n) is 6.30. The summed E-state index contributed by atoms with van der Waals surface area (Å²) >= 11 is 0. The molecule has 0 aliphatic carbocycles. The maximum absolute atomic E-state index is 11.9. The van der Waals surface area contributed by atoms with Crippen LogP contribution in [0.4, 0.5) is 0 Å². The Morgan fingerprint density at radius 2 is 1.75 bits per heavy atom. The molecule has 100 valence electrons. The second kappa shape index (κ2) is 6.48. The van der Waals surface area contributed by atoms with Gasteiger partial charge in [-0.25, -0.2) is 0 Å². The highest BCUT2D eigenvalue weighted by Gasteiger charge is 2.07. The van der Waals surface area contributed by atoms with E-state index in [1.807, 2.05) is 43.3 Å². The highest BCUT2D eigenvalue weighted by molar-refractivity contribution is 6.09. The molecule has 0 radical (unpaired) electrons. The van der Waals surface area contributed by atoms with E-state index in [1.165, 1.54) is 6.08 Å². The Labute approximate surface area is 117 Å². The number of carbonyl (C=O) groups is 2. The molecular formula is C17H15NO2. The van der Waals surface area contributed by atoms with Crippen LogP contribution in [0.25, 0.3) is 6.08 Å². The minimum Gasteiger partial charge on any atom is -0.289 e. The number of amides is 2. The monoisotopic (exact) mass is 265 g/mol. The molecule has 0 aliphatic heterocycles. The van der Waals surface area contributed by atoms with Crippen LogP contribution in [0.5, 0.6) is 0 Å². The Hall–Kier alpha value is -2.68. The van der Waals surface area contributed by atoms with Gasteiger partial charge in [0.15, 0.2) is 0 Å². The maximum atomic E-state index is 11.9. The van der Waals surface area contributed by atoms with Gasteiger partial charge in [0, 0.05) is 11.6 Å². The summed E-state index contributed by atoms with van der Waals surface area (Å²) in [6.45, 7) is 1.90. The van der Waals surface area contributed by atoms with Gasteiger partial charge >= 0.3 is 0 Å². The molecule has 2 aromatic rings. The van der Waals surface area contributed by atoms with Crippen molar-refractivity contribution in [3.05, 3.63) is 77.4 Å². The predicted octanol–water partition coefficient (Wildman–Crippen LogP) is 2.96. The van der Waals surface area contributed by atoms with Gasteiger partial charge in [0.25, 0.3) is 11.8 Å². The molecule has 0 heterocycles. The second-order valence-corrected chi connectivity index (χ2v) is 4.43. The second-order valence-electron chi connectivity index (χ2n) is 4.43. The van der Waals surface area contributed by atoms with E-state index >= 15 is 0 Å². The van der Waals surface area contributed by atoms with Crippen molar-refractivity contribution < 1.29 is 9.59 Å². The van der Waals surface area contributed by atoms with Crippen molar-refractivity contribution in [2.24, 2.45) is 0 Å². The Morgan fingerprint density at radius 3 is 2.45 bits per heavy atom. The Kier molecular flexibility index (Phi) is 4.45. The summed E-state index contributed by atoms with van der Waals surface area (Å²) in [5.74, 6) is -0.822. The number of hydrogen-bond acceptors (Lipinski definition) is 2. The molecule has 0 unspecified atom stereocenters. The van der Waals surface area contributed by atoms with Crippen LogP contribution < -0.4 is 5.32 Å². The summed E-state index contributed by atoms with van der Waals surface area (Å²) in [5.41, 5.74) is 2.36. The van der Waals surface area contributed by atoms with Gasteiger partial charge in [0.05, 0.1) is 0 Å². The number of imide groups is 1. The summed E-state index contributed by atoms with van der Waals surface area (Å²) in [6.07, 6.45) is 3.02. The van der Waals surface area contributed by atoms with E-state index in [0.29, 0.717) is 5.56 Å². The number of carbonyl (C=O) groups excluding carboxylic acids is 2. The third kappa shape index (κ3) is 3.92. The molecular weight excluding hydrogens is 250 g/mol. The standard InChI is InChI=1S/C17H15NO2/c1-13-6-5-9-15(12-13)17(20)18-16(19)11-10-14-7-3-2-4-8-14/h2-12H,1H3,(H,18,19,20)/b11-10+. The minimum absolute atomic E-state index is 0.392. The van der Waals surface area contributed by atoms with Gasteiger partial charge in [-0.2, -0.15) is 0 Å². The molecule has 0 saturated carbocycles. The van der Waals surface area contributed by atoms with Crippen molar-refractivity contribution in [2.45, 2.75) is 6.92 Å². The number of rotatable bonds is 3. The van der Waals surface area contributed by atoms with Gasteiger partial charge in [0.1, 0.15) is 0 Å². The summed E-state index contributed by atoms with van der Waals surface area (Å²) in [5, 5.41) is 2.33. The predicted molar refractivity (Wildman–Crippen MR) is 79.1 cm³/mol. The molecule has 0 saturated heterocycles. The fourth-order valence-electron chi connectivity index (χ4n) is 1.75. The van der Waals surface area contributed by atoms with Gasteiger partial charge in [-0.3, -0.25) is 14.9 Å². The SMILES string of the molecule is Cc1cccc(C(=O)NC(=O)/C=C/c2ccccc2)c1. The van der Waals surface area contributed by atoms with E-state index in [-0.39, 0.29) is 0 Å². The van der Waals surface area contributed by atoms with E-state index in [0.717, 1.165) is 11.1 Å². The fraction of sp³-hybridized carbons (Fsp3) is 0.0588. The fourth-order valence-corrected chi connectivity index (χ4v) is 1.75. The molecule has 0 aromatic heterocycles. The van der Waals surface area contributed by atoms with E-state index in [1.54, 1.807) is 24.3 Å². The van der Waals surface area contributed by atoms with Crippen LogP contribution in [0.1, 0.15) is 21.5 Å². The lowest BCUT2D eigenvalue weighted by Gasteiger charge is -2.02. The normalized spacial score (nSPS) is 10.4. The largest absolute Gasteiger partial charge is 0.289 e. The van der Waals surface area contributed by atoms with Crippen LogP contribution in [0, 0.1) is 6.92 Å². The molecule has 2 aromatic carbocycles. The zero-order chi connectivity index (χ0) is 14.4. The van der Waals surface area contributed by atoms with Crippen molar-refractivity contribution in [3.63, 3.8) is 0 Å². The van der Waals surface area contributed by atoms with Gasteiger partial charge in [-0.05, 0) is 30.7 Å². The molecule has 1 N–H and O–H groups in total. The first-order chi connectivity index (χ1) is 9.65. The van der Waals surface area contributed by atoms with Gasteiger partial charge < -0.3 is 0 Å². The number of nitrogens with one attached hydrogen (secondary N) is 1. The first-order valence-corrected chi connectivity index (χ1v) is 6.30. The first kappa shape index (κ1) is 13.7. The van der Waals surface area contributed by atoms with Crippen molar-refractivity contribution in [1.29, 1.82) is 0 Å². The van der Waals surface area contributed by atoms with Gasteiger partial charge in [-0.15, -0.1) is 0 Å². The van der Waals surface area contributed by atoms with Crippen molar-refractivity contribution in [2.75, 3.05) is 0 Å². The molecule has 0 atom stereocenters. The average Bonchev–Trinajstić information content (AvgIpc) is 2.46. The number of benzene rings is 2. The highest BCUT2D eigenvalue weighted by atomic mass is 16.2. The van der Waals surface area contributed by atoms with Gasteiger partial charge in [0.2, 0.25) is 0 Å². The molecule has 3 heteroatoms. The van der Waals surface area contributed by atoms with Gasteiger partial charge in [-0.1, -0.05) is 48.0 Å². The summed E-state index contributed by atoms with van der Waals surface area (Å²) < 4.78 is 0. The van der Waals surface area contributed by atoms with E-state index < -0.39 is 11.8 Å². The van der Waals surface area contributed by atoms with Crippen molar-refractivity contribution >= 4 is 17.9 Å². The quantitative estimate of drug-likeness (QED) is 0.867. The van der Waals surface area contributed by atoms with E-state index in [2.05, 4.69) is 5.32 Å². The van der Waals surface area contributed by atoms with E-state index in [9.17, 15) is 9.59 Å². The molecule has 0 bridgehead atoms. The maximum Gasteiger partial charge on any atom is 0.258 e. The number of aryl methyl sites for hydroxylation is 1. The lowest BCUT2D eigenvalue weighted by Crippen LogP contribution is -2.28. The third-order valence-corrected chi connectivity index (χ3v) is 2.74. The third-order valence-electron chi connectivity index (χ3n) is 2.74. The van der Waals surface area contributed by atoms with Crippen LogP contribution in [0.2, 0.25) is 0 Å². The van der Waals surface area contributed by atoms with Crippen molar-refractivity contribution in [3.8, 4) is 0 Å². The van der Waals surface area contributed by atoms with Crippen LogP contribution in [-0.2, 0) is 4.79 Å². The van der Waals surface area contributed by atoms with Crippen LogP contribution in [0.15, 0.2) is 60.7 Å². The number of hydrogen-bond donors (Lipinski definition) is 1. The Bertz CT molecular complexity index is 645. The molecule has 2 amide bonds. The molecule has 0 fully saturated rings. The topological polar surface area (TPSA) is 46.2 Å². The average molecular weight is 265 g/mol. The zero-order valence-corrected chi connectivity index (χ0v) is 11.2. The summed E-state index contributed by atoms with van der Waals surface area (Å²) in [6, 6.07) is 16.5. The van der Waals surface area contributed by atoms with Crippen LogP contribution in [-0.4, -0.2) is 11.8 Å². The Morgan fingerprint density at radius 1 is 1.00 bits per heavy atom. The molecule has 20 heavy (non-hydrogen) atoms. The molecule has 0 aliphatic rings. The lowest BCUT2D eigenvalue weighted by atomic mass is 10.1. The summed E-state index contributed by atoms with van der Waals surface area (Å²) in [4.78, 5) is 23.5. The zero-order valence-electron chi connectivity index (χ0n) is 11.2. The highest BCUT2D eigenvalue weighted by Crippen LogP contribution is 2.04. The molecule has 3 nitrogen and oxygen atoms in total. The van der Waals surface area contributed by atoms with Crippen LogP contribution >= 0.6 is 0 Å². The molecule has 2 rings (SSSR count). The Balaban J connectivity index is 1.98. The smallest absolute Gasteiger partial charge is 0.258 e. The summed E-state index contributed by atoms with van der Waals surface area (Å²) in [7, 11) is 0.